The summed E-state index contributed by atoms with van der Waals surface area (Å²) >= 11 is 0. The van der Waals surface area contributed by atoms with E-state index in [1.807, 2.05) is 18.2 Å². The molecule has 1 fully saturated rings. The molecule has 8 heteroatoms. The number of tetrazole rings is 1. The summed E-state index contributed by atoms with van der Waals surface area (Å²) in [6.07, 6.45) is 0. The van der Waals surface area contributed by atoms with Gasteiger partial charge in [-0.05, 0) is 10.4 Å². The van der Waals surface area contributed by atoms with Crippen molar-refractivity contribution in [2.75, 3.05) is 44.2 Å². The normalized spacial score (nSPS) is 16.7. The molecular formula is C14H17N7O. The fourth-order valence-corrected chi connectivity index (χ4v) is 2.99. The van der Waals surface area contributed by atoms with Crippen LogP contribution in [0.15, 0.2) is 24.3 Å². The summed E-state index contributed by atoms with van der Waals surface area (Å²) in [6.45, 7) is 4.54. The quantitative estimate of drug-likeness (QED) is 0.716. The molecule has 1 aliphatic rings. The molecular weight excluding hydrogens is 282 g/mol. The summed E-state index contributed by atoms with van der Waals surface area (Å²) in [4.78, 5) is 4.52. The molecule has 1 N–H and O–H groups in total. The highest BCUT2D eigenvalue weighted by molar-refractivity contribution is 5.99. The van der Waals surface area contributed by atoms with E-state index < -0.39 is 0 Å². The Morgan fingerprint density at radius 1 is 1.05 bits per heavy atom. The molecule has 2 aromatic heterocycles. The molecule has 0 spiro atoms. The lowest BCUT2D eigenvalue weighted by atomic mass is 10.1. The second-order valence-corrected chi connectivity index (χ2v) is 5.41. The molecule has 1 aliphatic heterocycles. The van der Waals surface area contributed by atoms with Crippen molar-refractivity contribution in [3.05, 3.63) is 24.3 Å². The molecule has 0 atom stereocenters. The van der Waals surface area contributed by atoms with Crippen LogP contribution in [0.4, 0.5) is 5.82 Å². The zero-order valence-electron chi connectivity index (χ0n) is 12.1. The molecule has 0 amide bonds. The van der Waals surface area contributed by atoms with E-state index >= 15 is 0 Å². The second-order valence-electron chi connectivity index (χ2n) is 5.41. The van der Waals surface area contributed by atoms with Gasteiger partial charge in [-0.25, -0.2) is 0 Å². The third-order valence-corrected chi connectivity index (χ3v) is 4.14. The molecule has 0 radical (unpaired) electrons. The largest absolute Gasteiger partial charge is 0.395 e. The van der Waals surface area contributed by atoms with Gasteiger partial charge in [-0.2, -0.15) is 0 Å². The summed E-state index contributed by atoms with van der Waals surface area (Å²) < 4.78 is 1.50. The number of piperazine rings is 1. The number of anilines is 1. The minimum Gasteiger partial charge on any atom is -0.395 e. The van der Waals surface area contributed by atoms with Gasteiger partial charge in [0.1, 0.15) is 0 Å². The van der Waals surface area contributed by atoms with Crippen molar-refractivity contribution in [2.24, 2.45) is 0 Å². The van der Waals surface area contributed by atoms with E-state index in [-0.39, 0.29) is 6.61 Å². The summed E-state index contributed by atoms with van der Waals surface area (Å²) in [7, 11) is 0. The van der Waals surface area contributed by atoms with Crippen molar-refractivity contribution in [3.8, 4) is 0 Å². The molecule has 4 rings (SSSR count). The van der Waals surface area contributed by atoms with E-state index in [9.17, 15) is 0 Å². The lowest BCUT2D eigenvalue weighted by Crippen LogP contribution is -2.47. The van der Waals surface area contributed by atoms with E-state index in [4.69, 9.17) is 5.11 Å². The summed E-state index contributed by atoms with van der Waals surface area (Å²) in [5, 5.41) is 27.4. The third-order valence-electron chi connectivity index (χ3n) is 4.14. The van der Waals surface area contributed by atoms with Crippen LogP contribution in [0.25, 0.3) is 16.4 Å². The third kappa shape index (κ3) is 2.16. The Morgan fingerprint density at radius 3 is 2.59 bits per heavy atom. The van der Waals surface area contributed by atoms with Gasteiger partial charge in [-0.15, -0.1) is 14.8 Å². The topological polar surface area (TPSA) is 82.7 Å². The first-order chi connectivity index (χ1) is 10.9. The zero-order valence-corrected chi connectivity index (χ0v) is 12.1. The fourth-order valence-electron chi connectivity index (χ4n) is 2.99. The SMILES string of the molecule is OCCN1CCN(c2nn3nnnc3c3ccccc23)CC1. The van der Waals surface area contributed by atoms with Crippen molar-refractivity contribution in [1.29, 1.82) is 0 Å². The lowest BCUT2D eigenvalue weighted by molar-refractivity contribution is 0.188. The molecule has 22 heavy (non-hydrogen) atoms. The number of fused-ring (bicyclic) bond motifs is 3. The first-order valence-electron chi connectivity index (χ1n) is 7.42. The minimum absolute atomic E-state index is 0.206. The highest BCUT2D eigenvalue weighted by atomic mass is 16.3. The Hall–Kier alpha value is -2.32. The number of hydrogen-bond donors (Lipinski definition) is 1. The smallest absolute Gasteiger partial charge is 0.207 e. The van der Waals surface area contributed by atoms with Gasteiger partial charge in [-0.3, -0.25) is 4.90 Å². The van der Waals surface area contributed by atoms with Gasteiger partial charge < -0.3 is 10.0 Å². The fraction of sp³-hybridized carbons (Fsp3) is 0.429. The van der Waals surface area contributed by atoms with Gasteiger partial charge in [0.05, 0.1) is 6.61 Å². The van der Waals surface area contributed by atoms with Crippen LogP contribution in [0.5, 0.6) is 0 Å². The maximum atomic E-state index is 9.04. The molecule has 114 valence electrons. The molecule has 0 aliphatic carbocycles. The maximum absolute atomic E-state index is 9.04. The second kappa shape index (κ2) is 5.47. The first-order valence-corrected chi connectivity index (χ1v) is 7.42. The van der Waals surface area contributed by atoms with Crippen LogP contribution >= 0.6 is 0 Å². The molecule has 0 bridgehead atoms. The molecule has 3 heterocycles. The van der Waals surface area contributed by atoms with E-state index in [1.54, 1.807) is 0 Å². The Morgan fingerprint density at radius 2 is 1.82 bits per heavy atom. The van der Waals surface area contributed by atoms with Crippen molar-refractivity contribution in [1.82, 2.24) is 30.2 Å². The van der Waals surface area contributed by atoms with Crippen LogP contribution in [0.3, 0.4) is 0 Å². The number of benzene rings is 1. The van der Waals surface area contributed by atoms with Gasteiger partial charge in [0.2, 0.25) is 5.65 Å². The van der Waals surface area contributed by atoms with E-state index in [2.05, 4.69) is 36.5 Å². The standard InChI is InChI=1S/C14H17N7O/c22-10-9-19-5-7-20(8-6-19)14-12-4-2-1-3-11(12)13-15-17-18-21(13)16-14/h1-4,22H,5-10H2. The summed E-state index contributed by atoms with van der Waals surface area (Å²) in [6, 6.07) is 8.08. The predicted molar refractivity (Wildman–Crippen MR) is 81.8 cm³/mol. The number of aliphatic hydroxyl groups excluding tert-OH is 1. The maximum Gasteiger partial charge on any atom is 0.207 e. The first kappa shape index (κ1) is 13.4. The summed E-state index contributed by atoms with van der Waals surface area (Å²) in [5.41, 5.74) is 0.679. The monoisotopic (exact) mass is 299 g/mol. The Kier molecular flexibility index (Phi) is 3.32. The van der Waals surface area contributed by atoms with Gasteiger partial charge in [-0.1, -0.05) is 24.3 Å². The molecule has 8 nitrogen and oxygen atoms in total. The molecule has 0 unspecified atom stereocenters. The average molecular weight is 299 g/mol. The van der Waals surface area contributed by atoms with Crippen LogP contribution in [-0.4, -0.2) is 74.6 Å². The van der Waals surface area contributed by atoms with E-state index in [0.29, 0.717) is 5.65 Å². The molecule has 3 aromatic rings. The minimum atomic E-state index is 0.206. The van der Waals surface area contributed by atoms with Crippen LogP contribution in [0.1, 0.15) is 0 Å². The lowest BCUT2D eigenvalue weighted by Gasteiger charge is -2.35. The number of hydrogen-bond acceptors (Lipinski definition) is 7. The van der Waals surface area contributed by atoms with Gasteiger partial charge in [0.25, 0.3) is 0 Å². The Balaban J connectivity index is 1.74. The number of aromatic nitrogens is 5. The van der Waals surface area contributed by atoms with Crippen molar-refractivity contribution in [3.63, 3.8) is 0 Å². The van der Waals surface area contributed by atoms with Crippen molar-refractivity contribution < 1.29 is 5.11 Å². The Bertz CT molecular complexity index is 794. The molecule has 1 saturated heterocycles. The number of β-amino-alcohol motifs (C(OH)–C–C–N with tert-alkyl or cyclic N) is 1. The van der Waals surface area contributed by atoms with Gasteiger partial charge in [0.15, 0.2) is 5.82 Å². The molecule has 1 aromatic carbocycles. The highest BCUT2D eigenvalue weighted by Crippen LogP contribution is 2.27. The van der Waals surface area contributed by atoms with Crippen LogP contribution < -0.4 is 4.90 Å². The van der Waals surface area contributed by atoms with Crippen molar-refractivity contribution >= 4 is 22.2 Å². The van der Waals surface area contributed by atoms with Crippen molar-refractivity contribution in [2.45, 2.75) is 0 Å². The number of rotatable bonds is 3. The predicted octanol–water partition coefficient (Wildman–Crippen LogP) is -0.213. The van der Waals surface area contributed by atoms with Gasteiger partial charge in [0, 0.05) is 43.5 Å². The average Bonchev–Trinajstić information content (AvgIpc) is 3.04. The number of nitrogens with zero attached hydrogens (tertiary/aromatic N) is 7. The van der Waals surface area contributed by atoms with E-state index in [1.165, 1.54) is 4.63 Å². The van der Waals surface area contributed by atoms with Crippen LogP contribution in [0, 0.1) is 0 Å². The van der Waals surface area contributed by atoms with E-state index in [0.717, 1.165) is 49.3 Å². The summed E-state index contributed by atoms with van der Waals surface area (Å²) in [5.74, 6) is 0.916. The zero-order chi connectivity index (χ0) is 14.9. The number of aliphatic hydroxyl groups is 1. The van der Waals surface area contributed by atoms with Crippen LogP contribution in [-0.2, 0) is 0 Å². The molecule has 0 saturated carbocycles. The van der Waals surface area contributed by atoms with Gasteiger partial charge >= 0.3 is 0 Å². The van der Waals surface area contributed by atoms with Crippen LogP contribution in [0.2, 0.25) is 0 Å². The Labute approximate surface area is 126 Å². The highest BCUT2D eigenvalue weighted by Gasteiger charge is 2.21.